The van der Waals surface area contributed by atoms with Crippen LogP contribution in [0.1, 0.15) is 12.1 Å². The highest BCUT2D eigenvalue weighted by Gasteiger charge is 2.07. The van der Waals surface area contributed by atoms with Crippen molar-refractivity contribution >= 4 is 0 Å². The number of ether oxygens (including phenoxy) is 1. The Labute approximate surface area is 95.4 Å². The highest BCUT2D eigenvalue weighted by molar-refractivity contribution is 4.92. The normalized spacial score (nSPS) is 10.6. The number of hydrogen-bond donors (Lipinski definition) is 0. The minimum absolute atomic E-state index is 0.518. The van der Waals surface area contributed by atoms with Crippen molar-refractivity contribution in [3.63, 3.8) is 0 Å². The first-order valence-corrected chi connectivity index (χ1v) is 5.19. The van der Waals surface area contributed by atoms with E-state index >= 15 is 0 Å². The molecule has 0 aliphatic carbocycles. The molecule has 0 bridgehead atoms. The van der Waals surface area contributed by atoms with Crippen molar-refractivity contribution in [3.8, 4) is 6.07 Å². The summed E-state index contributed by atoms with van der Waals surface area (Å²) < 4.78 is 6.70. The Balaban J connectivity index is 2.45. The molecule has 0 saturated carbocycles. The van der Waals surface area contributed by atoms with Crippen molar-refractivity contribution in [1.29, 1.82) is 5.26 Å². The van der Waals surface area contributed by atoms with Crippen molar-refractivity contribution in [3.05, 3.63) is 11.9 Å². The summed E-state index contributed by atoms with van der Waals surface area (Å²) in [7, 11) is 3.51. The SMILES string of the molecule is COCCN(CCC#N)Cc1cn(C)nn1. The van der Waals surface area contributed by atoms with Crippen LogP contribution in [-0.2, 0) is 18.3 Å². The second kappa shape index (κ2) is 6.93. The van der Waals surface area contributed by atoms with Gasteiger partial charge in [-0.15, -0.1) is 5.10 Å². The van der Waals surface area contributed by atoms with E-state index in [9.17, 15) is 0 Å². The zero-order chi connectivity index (χ0) is 11.8. The molecule has 0 N–H and O–H groups in total. The average molecular weight is 223 g/mol. The maximum Gasteiger partial charge on any atom is 0.0967 e. The topological polar surface area (TPSA) is 67.0 Å². The molecule has 1 aromatic heterocycles. The Morgan fingerprint density at radius 2 is 2.38 bits per heavy atom. The summed E-state index contributed by atoms with van der Waals surface area (Å²) in [6.45, 7) is 2.90. The Kier molecular flexibility index (Phi) is 5.46. The zero-order valence-electron chi connectivity index (χ0n) is 9.76. The van der Waals surface area contributed by atoms with E-state index in [-0.39, 0.29) is 0 Å². The van der Waals surface area contributed by atoms with E-state index in [1.165, 1.54) is 0 Å². The van der Waals surface area contributed by atoms with E-state index in [4.69, 9.17) is 10.00 Å². The molecule has 1 aromatic rings. The lowest BCUT2D eigenvalue weighted by Crippen LogP contribution is -2.28. The predicted molar refractivity (Wildman–Crippen MR) is 58.4 cm³/mol. The molecule has 0 aliphatic rings. The van der Waals surface area contributed by atoms with Crippen LogP contribution in [0.15, 0.2) is 6.20 Å². The van der Waals surface area contributed by atoms with Gasteiger partial charge in [0.1, 0.15) is 0 Å². The summed E-state index contributed by atoms with van der Waals surface area (Å²) >= 11 is 0. The van der Waals surface area contributed by atoms with E-state index in [0.717, 1.165) is 18.8 Å². The van der Waals surface area contributed by atoms with Gasteiger partial charge in [0, 0.05) is 46.4 Å². The Hall–Kier alpha value is -1.45. The third-order valence-electron chi connectivity index (χ3n) is 2.19. The summed E-state index contributed by atoms with van der Waals surface area (Å²) in [6, 6.07) is 2.14. The Bertz CT molecular complexity index is 343. The van der Waals surface area contributed by atoms with E-state index in [1.54, 1.807) is 11.8 Å². The maximum atomic E-state index is 8.57. The van der Waals surface area contributed by atoms with Crippen LogP contribution < -0.4 is 0 Å². The molecule has 88 valence electrons. The summed E-state index contributed by atoms with van der Waals surface area (Å²) in [5.74, 6) is 0. The van der Waals surface area contributed by atoms with Crippen LogP contribution in [0.5, 0.6) is 0 Å². The quantitative estimate of drug-likeness (QED) is 0.659. The number of nitrogens with zero attached hydrogens (tertiary/aromatic N) is 5. The fourth-order valence-corrected chi connectivity index (χ4v) is 1.40. The van der Waals surface area contributed by atoms with Gasteiger partial charge in [0.05, 0.1) is 18.4 Å². The molecule has 0 saturated heterocycles. The molecule has 0 aliphatic heterocycles. The number of methoxy groups -OCH3 is 1. The molecule has 0 atom stereocenters. The fraction of sp³-hybridized carbons (Fsp3) is 0.700. The van der Waals surface area contributed by atoms with Crippen molar-refractivity contribution in [2.75, 3.05) is 26.8 Å². The molecule has 6 heteroatoms. The van der Waals surface area contributed by atoms with Crippen molar-refractivity contribution in [1.82, 2.24) is 19.9 Å². The van der Waals surface area contributed by atoms with Gasteiger partial charge in [-0.3, -0.25) is 9.58 Å². The first-order valence-electron chi connectivity index (χ1n) is 5.19. The van der Waals surface area contributed by atoms with Crippen LogP contribution in [0.25, 0.3) is 0 Å². The van der Waals surface area contributed by atoms with Gasteiger partial charge in [-0.2, -0.15) is 5.26 Å². The van der Waals surface area contributed by atoms with Crippen LogP contribution in [0, 0.1) is 11.3 Å². The third kappa shape index (κ3) is 4.38. The van der Waals surface area contributed by atoms with E-state index in [0.29, 0.717) is 19.6 Å². The molecule has 0 unspecified atom stereocenters. The molecule has 1 rings (SSSR count). The molecular weight excluding hydrogens is 206 g/mol. The van der Waals surface area contributed by atoms with Crippen LogP contribution >= 0.6 is 0 Å². The number of rotatable bonds is 7. The summed E-state index contributed by atoms with van der Waals surface area (Å²) in [5.41, 5.74) is 0.913. The fourth-order valence-electron chi connectivity index (χ4n) is 1.40. The van der Waals surface area contributed by atoms with Gasteiger partial charge in [-0.05, 0) is 0 Å². The second-order valence-electron chi connectivity index (χ2n) is 3.56. The van der Waals surface area contributed by atoms with Crippen molar-refractivity contribution < 1.29 is 4.74 Å². The van der Waals surface area contributed by atoms with Gasteiger partial charge in [-0.25, -0.2) is 0 Å². The van der Waals surface area contributed by atoms with Gasteiger partial charge in [0.15, 0.2) is 0 Å². The first-order chi connectivity index (χ1) is 7.76. The van der Waals surface area contributed by atoms with Gasteiger partial charge < -0.3 is 4.74 Å². The van der Waals surface area contributed by atoms with Crippen LogP contribution in [0.3, 0.4) is 0 Å². The Morgan fingerprint density at radius 1 is 1.56 bits per heavy atom. The average Bonchev–Trinajstić information content (AvgIpc) is 2.68. The van der Waals surface area contributed by atoms with E-state index in [2.05, 4.69) is 21.3 Å². The molecule has 16 heavy (non-hydrogen) atoms. The van der Waals surface area contributed by atoms with Crippen molar-refractivity contribution in [2.45, 2.75) is 13.0 Å². The minimum atomic E-state index is 0.518. The first kappa shape index (κ1) is 12.6. The standard InChI is InChI=1S/C10H17N5O/c1-14-8-10(12-13-14)9-15(5-3-4-11)6-7-16-2/h8H,3,5-7,9H2,1-2H3. The minimum Gasteiger partial charge on any atom is -0.383 e. The third-order valence-corrected chi connectivity index (χ3v) is 2.19. The number of nitriles is 1. The number of hydrogen-bond acceptors (Lipinski definition) is 5. The van der Waals surface area contributed by atoms with Gasteiger partial charge in [-0.1, -0.05) is 5.21 Å². The van der Waals surface area contributed by atoms with E-state index in [1.807, 2.05) is 13.2 Å². The highest BCUT2D eigenvalue weighted by atomic mass is 16.5. The van der Waals surface area contributed by atoms with Crippen LogP contribution in [-0.4, -0.2) is 46.7 Å². The zero-order valence-corrected chi connectivity index (χ0v) is 9.76. The molecule has 0 aromatic carbocycles. The monoisotopic (exact) mass is 223 g/mol. The number of aryl methyl sites for hydroxylation is 1. The van der Waals surface area contributed by atoms with Gasteiger partial charge in [0.2, 0.25) is 0 Å². The molecule has 0 radical (unpaired) electrons. The number of aromatic nitrogens is 3. The van der Waals surface area contributed by atoms with Gasteiger partial charge >= 0.3 is 0 Å². The van der Waals surface area contributed by atoms with Crippen molar-refractivity contribution in [2.24, 2.45) is 7.05 Å². The van der Waals surface area contributed by atoms with Gasteiger partial charge in [0.25, 0.3) is 0 Å². The van der Waals surface area contributed by atoms with Crippen LogP contribution in [0.4, 0.5) is 0 Å². The molecule has 0 fully saturated rings. The lowest BCUT2D eigenvalue weighted by atomic mass is 10.3. The summed E-state index contributed by atoms with van der Waals surface area (Å²) in [4.78, 5) is 2.14. The summed E-state index contributed by atoms with van der Waals surface area (Å²) in [6.07, 6.45) is 2.40. The van der Waals surface area contributed by atoms with E-state index < -0.39 is 0 Å². The smallest absolute Gasteiger partial charge is 0.0967 e. The molecule has 0 spiro atoms. The largest absolute Gasteiger partial charge is 0.383 e. The highest BCUT2D eigenvalue weighted by Crippen LogP contribution is 2.01. The maximum absolute atomic E-state index is 8.57. The molecule has 1 heterocycles. The summed E-state index contributed by atoms with van der Waals surface area (Å²) in [5, 5.41) is 16.5. The molecular formula is C10H17N5O. The predicted octanol–water partition coefficient (Wildman–Crippen LogP) is 0.177. The molecule has 6 nitrogen and oxygen atoms in total. The second-order valence-corrected chi connectivity index (χ2v) is 3.56. The lowest BCUT2D eigenvalue weighted by Gasteiger charge is -2.18. The molecule has 0 amide bonds. The Morgan fingerprint density at radius 3 is 2.94 bits per heavy atom. The van der Waals surface area contributed by atoms with Crippen LogP contribution in [0.2, 0.25) is 0 Å². The lowest BCUT2D eigenvalue weighted by molar-refractivity contribution is 0.144.